The average Bonchev–Trinajstić information content (AvgIpc) is 3.15. The van der Waals surface area contributed by atoms with Gasteiger partial charge in [-0.2, -0.15) is 0 Å². The molecule has 0 radical (unpaired) electrons. The van der Waals surface area contributed by atoms with E-state index < -0.39 is 22.7 Å². The lowest BCUT2D eigenvalue weighted by molar-refractivity contribution is -0.194. The summed E-state index contributed by atoms with van der Waals surface area (Å²) in [7, 11) is 0. The third kappa shape index (κ3) is 6.56. The van der Waals surface area contributed by atoms with Crippen molar-refractivity contribution in [2.24, 2.45) is 51.8 Å². The van der Waals surface area contributed by atoms with Gasteiger partial charge < -0.3 is 25.0 Å². The number of hydrogen-bond donors (Lipinski definition) is 2. The average molecular weight is 724 g/mol. The van der Waals surface area contributed by atoms with Gasteiger partial charge in [0.2, 0.25) is 17.7 Å². The maximum Gasteiger partial charge on any atom is 0.229 e. The number of fused-ring (bicyclic) bond motifs is 2. The first-order valence-corrected chi connectivity index (χ1v) is 20.5. The number of likely N-dealkylation sites (tertiary alicyclic amines) is 1. The maximum atomic E-state index is 15.1. The summed E-state index contributed by atoms with van der Waals surface area (Å²) >= 11 is 0. The molecule has 6 aliphatic rings. The highest BCUT2D eigenvalue weighted by atomic mass is 16.5. The monoisotopic (exact) mass is 723 g/mol. The summed E-state index contributed by atoms with van der Waals surface area (Å²) in [5, 5.41) is 6.54. The predicted molar refractivity (Wildman–Crippen MR) is 210 cm³/mol. The minimum Gasteiger partial charge on any atom is -0.494 e. The van der Waals surface area contributed by atoms with Gasteiger partial charge in [-0.3, -0.25) is 14.4 Å². The van der Waals surface area contributed by atoms with Gasteiger partial charge >= 0.3 is 0 Å². The minimum absolute atomic E-state index is 0.0813. The summed E-state index contributed by atoms with van der Waals surface area (Å²) in [6, 6.07) is 15.1. The molecule has 4 unspecified atom stereocenters. The first-order chi connectivity index (χ1) is 25.4. The zero-order chi connectivity index (χ0) is 37.5. The van der Waals surface area contributed by atoms with Crippen molar-refractivity contribution in [1.29, 1.82) is 0 Å². The second kappa shape index (κ2) is 14.8. The molecule has 1 saturated heterocycles. The number of rotatable bonds is 10. The summed E-state index contributed by atoms with van der Waals surface area (Å²) in [5.41, 5.74) is 1.64. The molecule has 53 heavy (non-hydrogen) atoms. The lowest BCUT2D eigenvalue weighted by Gasteiger charge is -2.69. The SMILES string of the molecule is CCOc1ccc(NC(=O)[C@@H]2C3CC4C(C=C3C(C)C)(CCC3[C@]4(C)CCC[C@@]3(C)C(=O)N3CCCCC3)[C@@H]2C(=O)Nc2ccc(OCC)cc2)cc1. The van der Waals surface area contributed by atoms with E-state index in [0.717, 1.165) is 76.0 Å². The first kappa shape index (κ1) is 37.5. The Balaban J connectivity index is 1.28. The van der Waals surface area contributed by atoms with Crippen LogP contribution in [0.25, 0.3) is 0 Å². The number of carbonyl (C=O) groups excluding carboxylic acids is 3. The Morgan fingerprint density at radius 3 is 1.92 bits per heavy atom. The molecule has 8 heteroatoms. The lowest BCUT2D eigenvalue weighted by Crippen LogP contribution is -2.68. The van der Waals surface area contributed by atoms with Crippen molar-refractivity contribution >= 4 is 29.1 Å². The van der Waals surface area contributed by atoms with Crippen LogP contribution in [0.4, 0.5) is 11.4 Å². The molecule has 2 aromatic carbocycles. The maximum absolute atomic E-state index is 15.1. The zero-order valence-electron chi connectivity index (χ0n) is 32.8. The van der Waals surface area contributed by atoms with Gasteiger partial charge in [-0.05, 0) is 143 Å². The van der Waals surface area contributed by atoms with E-state index >= 15 is 4.79 Å². The summed E-state index contributed by atoms with van der Waals surface area (Å²) in [6.07, 6.45) is 11.4. The van der Waals surface area contributed by atoms with Gasteiger partial charge in [-0.25, -0.2) is 0 Å². The van der Waals surface area contributed by atoms with Crippen LogP contribution >= 0.6 is 0 Å². The van der Waals surface area contributed by atoms with Crippen LogP contribution in [-0.4, -0.2) is 48.9 Å². The quantitative estimate of drug-likeness (QED) is 0.239. The van der Waals surface area contributed by atoms with E-state index in [2.05, 4.69) is 49.3 Å². The van der Waals surface area contributed by atoms with Gasteiger partial charge in [0.05, 0.1) is 25.0 Å². The van der Waals surface area contributed by atoms with Gasteiger partial charge in [-0.1, -0.05) is 45.8 Å². The summed E-state index contributed by atoms with van der Waals surface area (Å²) < 4.78 is 11.3. The third-order valence-corrected chi connectivity index (χ3v) is 14.3. The van der Waals surface area contributed by atoms with Crippen molar-refractivity contribution in [1.82, 2.24) is 4.90 Å². The number of hydrogen-bond acceptors (Lipinski definition) is 5. The van der Waals surface area contributed by atoms with Crippen LogP contribution in [0.15, 0.2) is 60.2 Å². The van der Waals surface area contributed by atoms with Crippen LogP contribution in [-0.2, 0) is 14.4 Å². The molecule has 8 rings (SSSR count). The fourth-order valence-electron chi connectivity index (χ4n) is 12.1. The van der Waals surface area contributed by atoms with Gasteiger partial charge in [0.25, 0.3) is 0 Å². The number of amides is 3. The van der Waals surface area contributed by atoms with Gasteiger partial charge in [0, 0.05) is 35.3 Å². The molecular formula is C45H61N3O5. The number of allylic oxidation sites excluding steroid dienone is 2. The number of nitrogens with one attached hydrogen (secondary N) is 2. The molecule has 8 nitrogen and oxygen atoms in total. The smallest absolute Gasteiger partial charge is 0.229 e. The molecular weight excluding hydrogens is 663 g/mol. The molecule has 2 bridgehead atoms. The van der Waals surface area contributed by atoms with Gasteiger partial charge in [-0.15, -0.1) is 0 Å². The molecule has 2 N–H and O–H groups in total. The summed E-state index contributed by atoms with van der Waals surface area (Å²) in [5.74, 6) is 1.14. The number of carbonyl (C=O) groups is 3. The van der Waals surface area contributed by atoms with Crippen molar-refractivity contribution in [2.45, 2.75) is 99.3 Å². The molecule has 1 spiro atoms. The minimum atomic E-state index is -0.563. The second-order valence-corrected chi connectivity index (χ2v) is 17.4. The van der Waals surface area contributed by atoms with E-state index in [0.29, 0.717) is 30.5 Å². The Morgan fingerprint density at radius 2 is 1.36 bits per heavy atom. The topological polar surface area (TPSA) is 97.0 Å². The molecule has 5 aliphatic carbocycles. The number of nitrogens with zero attached hydrogens (tertiary/aromatic N) is 1. The Labute approximate surface area is 316 Å². The molecule has 286 valence electrons. The molecule has 0 aromatic heterocycles. The van der Waals surface area contributed by atoms with Crippen LogP contribution < -0.4 is 20.1 Å². The van der Waals surface area contributed by atoms with Crippen molar-refractivity contribution < 1.29 is 23.9 Å². The van der Waals surface area contributed by atoms with E-state index in [1.54, 1.807) is 0 Å². The molecule has 4 fully saturated rings. The highest BCUT2D eigenvalue weighted by Gasteiger charge is 2.70. The fraction of sp³-hybridized carbons (Fsp3) is 0.622. The van der Waals surface area contributed by atoms with Crippen LogP contribution in [0.2, 0.25) is 0 Å². The summed E-state index contributed by atoms with van der Waals surface area (Å²) in [6.45, 7) is 16.0. The number of piperidine rings is 1. The Morgan fingerprint density at radius 1 is 0.774 bits per heavy atom. The van der Waals surface area contributed by atoms with Crippen LogP contribution in [0.3, 0.4) is 0 Å². The van der Waals surface area contributed by atoms with Crippen LogP contribution in [0.5, 0.6) is 11.5 Å². The highest BCUT2D eigenvalue weighted by Crippen LogP contribution is 2.73. The molecule has 3 saturated carbocycles. The lowest BCUT2D eigenvalue weighted by atomic mass is 9.34. The van der Waals surface area contributed by atoms with Crippen LogP contribution in [0, 0.1) is 51.8 Å². The van der Waals surface area contributed by atoms with Gasteiger partial charge in [0.1, 0.15) is 11.5 Å². The van der Waals surface area contributed by atoms with E-state index in [9.17, 15) is 9.59 Å². The zero-order valence-corrected chi connectivity index (χ0v) is 32.8. The fourth-order valence-corrected chi connectivity index (χ4v) is 12.1. The Hall–Kier alpha value is -3.81. The van der Waals surface area contributed by atoms with Crippen LogP contribution in [0.1, 0.15) is 99.3 Å². The Kier molecular flexibility index (Phi) is 10.5. The molecule has 1 aliphatic heterocycles. The molecule has 2 aromatic rings. The van der Waals surface area contributed by atoms with Gasteiger partial charge in [0.15, 0.2) is 0 Å². The molecule has 8 atom stereocenters. The predicted octanol–water partition coefficient (Wildman–Crippen LogP) is 9.13. The number of benzene rings is 2. The Bertz CT molecular complexity index is 1700. The van der Waals surface area contributed by atoms with E-state index in [-0.39, 0.29) is 40.9 Å². The van der Waals surface area contributed by atoms with E-state index in [1.165, 1.54) is 12.0 Å². The largest absolute Gasteiger partial charge is 0.494 e. The second-order valence-electron chi connectivity index (χ2n) is 17.4. The number of anilines is 2. The molecule has 1 heterocycles. The normalized spacial score (nSPS) is 33.3. The van der Waals surface area contributed by atoms with Crippen molar-refractivity contribution in [3.8, 4) is 11.5 Å². The molecule has 3 amide bonds. The third-order valence-electron chi connectivity index (χ3n) is 14.3. The van der Waals surface area contributed by atoms with E-state index in [4.69, 9.17) is 9.47 Å². The van der Waals surface area contributed by atoms with Crippen molar-refractivity contribution in [2.75, 3.05) is 36.9 Å². The van der Waals surface area contributed by atoms with Crippen molar-refractivity contribution in [3.63, 3.8) is 0 Å². The van der Waals surface area contributed by atoms with Crippen molar-refractivity contribution in [3.05, 3.63) is 60.2 Å². The highest BCUT2D eigenvalue weighted by molar-refractivity contribution is 6.01. The summed E-state index contributed by atoms with van der Waals surface area (Å²) in [4.78, 5) is 46.5. The number of ether oxygens (including phenoxy) is 2. The first-order valence-electron chi connectivity index (χ1n) is 20.5. The van der Waals surface area contributed by atoms with E-state index in [1.807, 2.05) is 62.4 Å². The standard InChI is InChI=1S/C45H61N3O5/c1-7-52-32-17-13-30(14-18-32)46-40(49)38-34-27-37-43(5)22-12-23-44(6,42(51)48-25-10-9-11-26-48)36(43)21-24-45(37,28-35(34)29(3)4)39(38)41(50)47-31-15-19-33(20-16-31)53-8-2/h13-20,28-29,34,36-39H,7-12,21-27H2,1-6H3,(H,46,49)(H,47,50)/t34?,36?,37?,38-,39+,43+,44-,45?/m1/s1.